The number of hydrogen-bond donors (Lipinski definition) is 0. The van der Waals surface area contributed by atoms with Gasteiger partial charge in [-0.3, -0.25) is 0 Å². The van der Waals surface area contributed by atoms with Gasteiger partial charge in [0, 0.05) is 30.6 Å². The van der Waals surface area contributed by atoms with Gasteiger partial charge >= 0.3 is 0 Å². The van der Waals surface area contributed by atoms with Crippen LogP contribution in [-0.2, 0) is 9.84 Å². The van der Waals surface area contributed by atoms with Gasteiger partial charge in [0.2, 0.25) is 0 Å². The minimum absolute atomic E-state index is 0.422. The number of benzene rings is 1. The Morgan fingerprint density at radius 2 is 2.37 bits per heavy atom. The van der Waals surface area contributed by atoms with Crippen LogP contribution in [0.2, 0.25) is 0 Å². The van der Waals surface area contributed by atoms with Crippen LogP contribution in [0.15, 0.2) is 29.2 Å². The molecule has 0 bridgehead atoms. The molecule has 106 valence electrons. The summed E-state index contributed by atoms with van der Waals surface area (Å²) in [6, 6.07) is 3.88. The van der Waals surface area contributed by atoms with E-state index < -0.39 is 69.7 Å². The molecule has 0 aromatic heterocycles. The fourth-order valence-electron chi connectivity index (χ4n) is 1.50. The third-order valence-electron chi connectivity index (χ3n) is 2.35. The molecule has 1 aromatic carbocycles. The molecule has 0 unspecified atom stereocenters. The van der Waals surface area contributed by atoms with Crippen LogP contribution >= 0.6 is 0 Å². The van der Waals surface area contributed by atoms with E-state index in [0.717, 1.165) is 30.5 Å². The summed E-state index contributed by atoms with van der Waals surface area (Å²) in [4.78, 5) is -0.864. The third-order valence-corrected chi connectivity index (χ3v) is 3.46. The minimum Gasteiger partial charge on any atom is -0.303 e. The summed E-state index contributed by atoms with van der Waals surface area (Å²) in [5, 5.41) is 0. The van der Waals surface area contributed by atoms with Crippen molar-refractivity contribution in [3.8, 4) is 0 Å². The molecule has 1 aliphatic heterocycles. The second-order valence-corrected chi connectivity index (χ2v) is 5.86. The maximum absolute atomic E-state index is 12.0. The number of rotatable bonds is 4. The largest absolute Gasteiger partial charge is 0.303 e. The highest BCUT2D eigenvalue weighted by Gasteiger charge is 2.21. The molecule has 0 saturated carbocycles. The summed E-state index contributed by atoms with van der Waals surface area (Å²) in [5.74, 6) is -3.44. The van der Waals surface area contributed by atoms with Crippen molar-refractivity contribution in [1.82, 2.24) is 4.90 Å². The maximum Gasteiger partial charge on any atom is 0.175 e. The van der Waals surface area contributed by atoms with Crippen molar-refractivity contribution in [1.29, 1.82) is 0 Å². The highest BCUT2D eigenvalue weighted by molar-refractivity contribution is 7.90. The Hall–Kier alpha value is -0.870. The summed E-state index contributed by atoms with van der Waals surface area (Å²) < 4.78 is 131. The highest BCUT2D eigenvalue weighted by atomic mass is 32.2. The zero-order chi connectivity index (χ0) is 25.6. The van der Waals surface area contributed by atoms with Crippen LogP contribution in [0.1, 0.15) is 55.3 Å². The van der Waals surface area contributed by atoms with Gasteiger partial charge in [-0.15, -0.1) is 0 Å². The monoisotopic (exact) mass is 294 g/mol. The Balaban J connectivity index is 3.04. The van der Waals surface area contributed by atoms with Crippen molar-refractivity contribution < 1.29 is 26.2 Å². The molecule has 0 radical (unpaired) electrons. The molecule has 0 amide bonds. The standard InChI is InChI=1S/C15H23NO2S/c1-3-9-16-10-5-7-14(12-16)13-6-4-8-15(11-13)19(2,17)18/h4,6,8,11,14H,3,5,7,9-10,12H2,1-2H3/t14-/m0/s1/i3D2,5D2,7D2,9D2,10D2,12D2,14D. The number of piperidine rings is 1. The Kier molecular flexibility index (Phi) is 1.64. The van der Waals surface area contributed by atoms with E-state index in [-0.39, 0.29) is 0 Å². The quantitative estimate of drug-likeness (QED) is 0.857. The van der Waals surface area contributed by atoms with Gasteiger partial charge < -0.3 is 4.90 Å². The van der Waals surface area contributed by atoms with Crippen molar-refractivity contribution in [2.45, 2.75) is 36.8 Å². The van der Waals surface area contributed by atoms with Gasteiger partial charge in [0.1, 0.15) is 0 Å². The topological polar surface area (TPSA) is 37.4 Å². The highest BCUT2D eigenvalue weighted by Crippen LogP contribution is 2.28. The average molecular weight is 295 g/mol. The zero-order valence-electron chi connectivity index (χ0n) is 23.5. The van der Waals surface area contributed by atoms with Crippen LogP contribution in [0.3, 0.4) is 0 Å². The second kappa shape index (κ2) is 6.06. The first-order valence-corrected chi connectivity index (χ1v) is 7.33. The molecular weight excluding hydrogens is 258 g/mol. The van der Waals surface area contributed by atoms with Crippen LogP contribution in [-0.4, -0.2) is 39.1 Å². The van der Waals surface area contributed by atoms with Crippen molar-refractivity contribution in [3.05, 3.63) is 29.8 Å². The Morgan fingerprint density at radius 1 is 1.58 bits per heavy atom. The number of sulfone groups is 1. The van der Waals surface area contributed by atoms with E-state index in [0.29, 0.717) is 6.92 Å². The number of hydrogen-bond acceptors (Lipinski definition) is 3. The van der Waals surface area contributed by atoms with Gasteiger partial charge in [0.05, 0.1) is 4.90 Å². The van der Waals surface area contributed by atoms with E-state index in [1.54, 1.807) is 0 Å². The van der Waals surface area contributed by atoms with E-state index in [4.69, 9.17) is 17.8 Å². The smallest absolute Gasteiger partial charge is 0.175 e. The summed E-state index contributed by atoms with van der Waals surface area (Å²) in [6.07, 6.45) is -9.62. The van der Waals surface area contributed by atoms with Gasteiger partial charge in [-0.1, -0.05) is 19.1 Å². The van der Waals surface area contributed by atoms with Crippen LogP contribution in [0.4, 0.5) is 0 Å². The lowest BCUT2D eigenvalue weighted by Gasteiger charge is -2.32. The first kappa shape index (κ1) is 5.15. The van der Waals surface area contributed by atoms with Crippen molar-refractivity contribution in [2.75, 3.05) is 25.7 Å². The van der Waals surface area contributed by atoms with E-state index in [1.165, 1.54) is 0 Å². The first-order chi connectivity index (χ1) is 13.8. The summed E-state index contributed by atoms with van der Waals surface area (Å²) in [5.41, 5.74) is -0.688. The van der Waals surface area contributed by atoms with E-state index in [9.17, 15) is 8.42 Å². The van der Waals surface area contributed by atoms with Crippen LogP contribution in [0, 0.1) is 0 Å². The van der Waals surface area contributed by atoms with Gasteiger partial charge in [0.15, 0.2) is 9.84 Å². The molecule has 1 aliphatic rings. The molecule has 0 N–H and O–H groups in total. The van der Waals surface area contributed by atoms with Gasteiger partial charge in [-0.25, -0.2) is 8.42 Å². The molecule has 4 heteroatoms. The predicted molar refractivity (Wildman–Crippen MR) is 78.3 cm³/mol. The molecule has 1 aromatic rings. The minimum atomic E-state index is -3.93. The van der Waals surface area contributed by atoms with Crippen molar-refractivity contribution in [2.24, 2.45) is 0 Å². The number of nitrogens with zero attached hydrogens (tertiary/aromatic N) is 1. The molecule has 19 heavy (non-hydrogen) atoms. The first-order valence-electron chi connectivity index (χ1n) is 11.9. The average Bonchev–Trinajstić information content (AvgIpc) is 2.57. The molecule has 1 atom stereocenters. The van der Waals surface area contributed by atoms with Crippen LogP contribution in [0.5, 0.6) is 0 Å². The Bertz CT molecular complexity index is 1020. The third kappa shape index (κ3) is 3.80. The van der Waals surface area contributed by atoms with Crippen LogP contribution < -0.4 is 0 Å². The number of likely N-dealkylation sites (tertiary alicyclic amines) is 1. The van der Waals surface area contributed by atoms with Gasteiger partial charge in [0.25, 0.3) is 0 Å². The Labute approximate surface area is 134 Å². The lowest BCUT2D eigenvalue weighted by Crippen LogP contribution is -2.34. The zero-order valence-corrected chi connectivity index (χ0v) is 11.3. The van der Waals surface area contributed by atoms with E-state index in [1.807, 2.05) is 0 Å². The molecule has 1 fully saturated rings. The van der Waals surface area contributed by atoms with Crippen molar-refractivity contribution >= 4 is 9.84 Å². The summed E-state index contributed by atoms with van der Waals surface area (Å²) in [7, 11) is -3.93. The molecule has 1 saturated heterocycles. The van der Waals surface area contributed by atoms with Gasteiger partial charge in [-0.2, -0.15) is 0 Å². The van der Waals surface area contributed by atoms with E-state index in [2.05, 4.69) is 0 Å². The Morgan fingerprint density at radius 3 is 3.05 bits per heavy atom. The summed E-state index contributed by atoms with van der Waals surface area (Å²) >= 11 is 0. The molecular formula is C15H23NO2S. The maximum atomic E-state index is 12.0. The lowest BCUT2D eigenvalue weighted by atomic mass is 9.90. The fourth-order valence-corrected chi connectivity index (χ4v) is 2.17. The summed E-state index contributed by atoms with van der Waals surface area (Å²) in [6.45, 7) is -10.4. The van der Waals surface area contributed by atoms with Crippen molar-refractivity contribution in [3.63, 3.8) is 0 Å². The SMILES string of the molecule is [2H]C([2H])(C)C([2H])([2H])N1C([2H])([2H])C([2H])([2H])C([2H])([2H])[C@]([2H])(c2cccc(S(C)(=O)=O)c2)C1([2H])[2H]. The molecule has 1 heterocycles. The predicted octanol–water partition coefficient (Wildman–Crippen LogP) is 2.68. The van der Waals surface area contributed by atoms with Gasteiger partial charge in [-0.05, 0) is 55.7 Å². The molecule has 0 aliphatic carbocycles. The molecule has 0 spiro atoms. The van der Waals surface area contributed by atoms with Crippen LogP contribution in [0.25, 0.3) is 0 Å². The molecule has 3 nitrogen and oxygen atoms in total. The lowest BCUT2D eigenvalue weighted by molar-refractivity contribution is 0.208. The molecule has 2 rings (SSSR count). The normalized spacial score (nSPS) is 47.6. The fraction of sp³-hybridized carbons (Fsp3) is 0.600. The van der Waals surface area contributed by atoms with E-state index >= 15 is 0 Å². The second-order valence-electron chi connectivity index (χ2n) is 3.85.